The molecule has 2 N–H and O–H groups in total. The summed E-state index contributed by atoms with van der Waals surface area (Å²) in [5.74, 6) is -2.16. The van der Waals surface area contributed by atoms with Gasteiger partial charge in [0.15, 0.2) is 11.8 Å². The maximum Gasteiger partial charge on any atom is 0.330 e. The summed E-state index contributed by atoms with van der Waals surface area (Å²) >= 11 is 0. The van der Waals surface area contributed by atoms with Crippen molar-refractivity contribution in [3.8, 4) is 11.8 Å². The number of carbonyl (C=O) groups is 2. The summed E-state index contributed by atoms with van der Waals surface area (Å²) < 4.78 is 11.5. The number of carbonyl (C=O) groups excluding carboxylic acids is 2. The number of hydrogen-bond donors (Lipinski definition) is 2. The van der Waals surface area contributed by atoms with Crippen LogP contribution in [-0.4, -0.2) is 26.7 Å². The van der Waals surface area contributed by atoms with Crippen LogP contribution in [0.3, 0.4) is 0 Å². The van der Waals surface area contributed by atoms with Crippen molar-refractivity contribution in [2.24, 2.45) is 0 Å². The molecule has 7 nitrogen and oxygen atoms in total. The van der Waals surface area contributed by atoms with Crippen LogP contribution in [0.25, 0.3) is 0 Å². The Morgan fingerprint density at radius 3 is 1.76 bits per heavy atom. The highest BCUT2D eigenvalue weighted by Gasteiger charge is 2.30. The molecule has 3 rings (SSSR count). The lowest BCUT2D eigenvalue weighted by Crippen LogP contribution is -2.25. The summed E-state index contributed by atoms with van der Waals surface area (Å²) in [5.41, 5.74) is 1.57. The van der Waals surface area contributed by atoms with Crippen LogP contribution in [0, 0.1) is 0 Å². The Balaban J connectivity index is 1.69. The lowest BCUT2D eigenvalue weighted by atomic mass is 10.2. The molecule has 0 aliphatic rings. The van der Waals surface area contributed by atoms with Crippen LogP contribution < -0.4 is 0 Å². The Labute approximate surface area is 167 Å². The van der Waals surface area contributed by atoms with E-state index in [0.717, 1.165) is 15.7 Å². The van der Waals surface area contributed by atoms with E-state index >= 15 is 0 Å². The highest BCUT2D eigenvalue weighted by atomic mass is 16.5. The Bertz CT molecular complexity index is 932. The maximum atomic E-state index is 12.7. The molecule has 7 heteroatoms. The van der Waals surface area contributed by atoms with Crippen LogP contribution in [0.15, 0.2) is 72.8 Å². The molecule has 0 saturated heterocycles. The first kappa shape index (κ1) is 20.0. The summed E-state index contributed by atoms with van der Waals surface area (Å²) in [6.07, 6.45) is -0.406. The molecule has 0 fully saturated rings. The average Bonchev–Trinajstić information content (AvgIpc) is 3.08. The average molecular weight is 395 g/mol. The summed E-state index contributed by atoms with van der Waals surface area (Å²) in [5, 5.41) is 20.0. The Morgan fingerprint density at radius 2 is 1.24 bits per heavy atom. The van der Waals surface area contributed by atoms with Gasteiger partial charge in [-0.3, -0.25) is 9.36 Å². The summed E-state index contributed by atoms with van der Waals surface area (Å²) in [6, 6.07) is 19.3. The van der Waals surface area contributed by atoms with E-state index in [4.69, 9.17) is 9.47 Å². The highest BCUT2D eigenvalue weighted by Crippen LogP contribution is 2.30. The second-order valence-electron chi connectivity index (χ2n) is 6.38. The number of esters is 2. The minimum atomic E-state index is -1.27. The largest absolute Gasteiger partial charge is 0.494 e. The molecule has 0 aliphatic heterocycles. The molecule has 0 saturated carbocycles. The SMILES string of the molecule is O=C(C[C@@H](C(=O)OCc1ccccc1)n1c(O)ccc1O)OCc1ccccc1. The summed E-state index contributed by atoms with van der Waals surface area (Å²) in [6.45, 7) is 0.0487. The third-order valence-electron chi connectivity index (χ3n) is 4.29. The van der Waals surface area contributed by atoms with Gasteiger partial charge in [-0.25, -0.2) is 4.79 Å². The van der Waals surface area contributed by atoms with Crippen LogP contribution in [-0.2, 0) is 32.3 Å². The predicted octanol–water partition coefficient (Wildman–Crippen LogP) is 3.32. The molecular formula is C22H21NO6. The van der Waals surface area contributed by atoms with Crippen molar-refractivity contribution in [2.75, 3.05) is 0 Å². The Morgan fingerprint density at radius 1 is 0.759 bits per heavy atom. The third-order valence-corrected chi connectivity index (χ3v) is 4.29. The van der Waals surface area contributed by atoms with Crippen molar-refractivity contribution in [3.63, 3.8) is 0 Å². The van der Waals surface area contributed by atoms with Crippen LogP contribution in [0.5, 0.6) is 11.8 Å². The molecule has 0 amide bonds. The molecule has 29 heavy (non-hydrogen) atoms. The first-order valence-electron chi connectivity index (χ1n) is 9.04. The molecule has 0 bridgehead atoms. The molecule has 1 atom stereocenters. The van der Waals surface area contributed by atoms with Gasteiger partial charge in [0.25, 0.3) is 0 Å². The fourth-order valence-electron chi connectivity index (χ4n) is 2.81. The number of nitrogens with zero attached hydrogens (tertiary/aromatic N) is 1. The Kier molecular flexibility index (Phi) is 6.52. The third kappa shape index (κ3) is 5.38. The number of aromatic hydroxyl groups is 2. The zero-order chi connectivity index (χ0) is 20.6. The van der Waals surface area contributed by atoms with Gasteiger partial charge in [0.2, 0.25) is 0 Å². The number of rotatable bonds is 8. The monoisotopic (exact) mass is 395 g/mol. The van der Waals surface area contributed by atoms with Crippen LogP contribution in [0.2, 0.25) is 0 Å². The van der Waals surface area contributed by atoms with Gasteiger partial charge in [0.05, 0.1) is 6.42 Å². The zero-order valence-corrected chi connectivity index (χ0v) is 15.6. The predicted molar refractivity (Wildman–Crippen MR) is 104 cm³/mol. The molecule has 1 heterocycles. The number of benzene rings is 2. The van der Waals surface area contributed by atoms with Gasteiger partial charge >= 0.3 is 11.9 Å². The van der Waals surface area contributed by atoms with E-state index in [2.05, 4.69) is 0 Å². The van der Waals surface area contributed by atoms with E-state index in [-0.39, 0.29) is 25.0 Å². The minimum Gasteiger partial charge on any atom is -0.494 e. The van der Waals surface area contributed by atoms with Crippen LogP contribution in [0.4, 0.5) is 0 Å². The molecule has 0 aliphatic carbocycles. The number of aromatic nitrogens is 1. The fourth-order valence-corrected chi connectivity index (χ4v) is 2.81. The normalized spacial score (nSPS) is 11.6. The molecular weight excluding hydrogens is 374 g/mol. The van der Waals surface area contributed by atoms with Crippen LogP contribution >= 0.6 is 0 Å². The van der Waals surface area contributed by atoms with Crippen LogP contribution in [0.1, 0.15) is 23.6 Å². The zero-order valence-electron chi connectivity index (χ0n) is 15.6. The highest BCUT2D eigenvalue weighted by molar-refractivity contribution is 5.82. The van der Waals surface area contributed by atoms with Crippen molar-refractivity contribution in [1.29, 1.82) is 0 Å². The van der Waals surface area contributed by atoms with Gasteiger partial charge in [0.1, 0.15) is 19.3 Å². The molecule has 0 unspecified atom stereocenters. The van der Waals surface area contributed by atoms with Crippen molar-refractivity contribution >= 4 is 11.9 Å². The van der Waals surface area contributed by atoms with Crippen molar-refractivity contribution in [1.82, 2.24) is 4.57 Å². The van der Waals surface area contributed by atoms with E-state index in [1.165, 1.54) is 12.1 Å². The van der Waals surface area contributed by atoms with E-state index in [9.17, 15) is 19.8 Å². The van der Waals surface area contributed by atoms with E-state index in [0.29, 0.717) is 0 Å². The molecule has 0 radical (unpaired) electrons. The summed E-state index contributed by atoms with van der Waals surface area (Å²) in [4.78, 5) is 25.0. The second kappa shape index (κ2) is 9.45. The van der Waals surface area contributed by atoms with E-state index in [1.54, 1.807) is 12.1 Å². The Hall–Kier alpha value is -3.74. The minimum absolute atomic E-state index is 0.00196. The lowest BCUT2D eigenvalue weighted by molar-refractivity contribution is -0.156. The topological polar surface area (TPSA) is 98.0 Å². The first-order chi connectivity index (χ1) is 14.0. The van der Waals surface area contributed by atoms with Gasteiger partial charge < -0.3 is 19.7 Å². The fraction of sp³-hybridized carbons (Fsp3) is 0.182. The van der Waals surface area contributed by atoms with Crippen molar-refractivity contribution < 1.29 is 29.3 Å². The van der Waals surface area contributed by atoms with Crippen molar-refractivity contribution in [2.45, 2.75) is 25.7 Å². The first-order valence-corrected chi connectivity index (χ1v) is 9.04. The molecule has 3 aromatic rings. The standard InChI is InChI=1S/C22H21NO6/c24-19-11-12-20(25)23(19)18(22(27)29-15-17-9-5-2-6-10-17)13-21(26)28-14-16-7-3-1-4-8-16/h1-12,18,24-25H,13-15H2/t18-/m0/s1. The maximum absolute atomic E-state index is 12.7. The van der Waals surface area contributed by atoms with Gasteiger partial charge in [-0.05, 0) is 11.1 Å². The van der Waals surface area contributed by atoms with Crippen molar-refractivity contribution in [3.05, 3.63) is 83.9 Å². The van der Waals surface area contributed by atoms with Gasteiger partial charge in [-0.1, -0.05) is 60.7 Å². The van der Waals surface area contributed by atoms with E-state index in [1.807, 2.05) is 48.5 Å². The number of hydrogen-bond acceptors (Lipinski definition) is 6. The molecule has 2 aromatic carbocycles. The number of ether oxygens (including phenoxy) is 2. The van der Waals surface area contributed by atoms with Gasteiger partial charge in [0, 0.05) is 12.1 Å². The summed E-state index contributed by atoms with van der Waals surface area (Å²) in [7, 11) is 0. The quantitative estimate of drug-likeness (QED) is 0.568. The lowest BCUT2D eigenvalue weighted by Gasteiger charge is -2.19. The van der Waals surface area contributed by atoms with E-state index < -0.39 is 24.4 Å². The van der Waals surface area contributed by atoms with Gasteiger partial charge in [-0.2, -0.15) is 0 Å². The molecule has 0 spiro atoms. The molecule has 150 valence electrons. The second-order valence-corrected chi connectivity index (χ2v) is 6.38. The molecule has 1 aromatic heterocycles. The smallest absolute Gasteiger partial charge is 0.330 e. The van der Waals surface area contributed by atoms with Gasteiger partial charge in [-0.15, -0.1) is 0 Å².